The molecule has 0 fully saturated rings. The van der Waals surface area contributed by atoms with Crippen LogP contribution in [0.2, 0.25) is 0 Å². The minimum atomic E-state index is 0.665. The highest BCUT2D eigenvalue weighted by Crippen LogP contribution is 2.37. The normalized spacial score (nSPS) is 11.5. The Kier molecular flexibility index (Phi) is 4.27. The van der Waals surface area contributed by atoms with Gasteiger partial charge in [-0.3, -0.25) is 0 Å². The molecule has 2 heterocycles. The predicted octanol–water partition coefficient (Wildman–Crippen LogP) is 8.15. The first-order valence-electron chi connectivity index (χ1n) is 11.7. The van der Waals surface area contributed by atoms with Gasteiger partial charge in [0.1, 0.15) is 17.2 Å². The number of nitriles is 1. The zero-order valence-corrected chi connectivity index (χ0v) is 18.9. The van der Waals surface area contributed by atoms with Gasteiger partial charge in [-0.15, -0.1) is 0 Å². The topological polar surface area (TPSA) is 41.9 Å². The molecule has 35 heavy (non-hydrogen) atoms. The largest absolute Gasteiger partial charge is 0.456 e. The maximum atomic E-state index is 10.2. The van der Waals surface area contributed by atoms with Crippen LogP contribution in [0.5, 0.6) is 0 Å². The molecule has 0 atom stereocenters. The molecule has 0 spiro atoms. The zero-order valence-electron chi connectivity index (χ0n) is 18.9. The Bertz CT molecular complexity index is 1900. The zero-order chi connectivity index (χ0) is 23.4. The van der Waals surface area contributed by atoms with Crippen LogP contribution in [0.4, 0.5) is 0 Å². The van der Waals surface area contributed by atoms with Crippen molar-refractivity contribution in [3.05, 3.63) is 126 Å². The molecule has 2 aromatic heterocycles. The Morgan fingerprint density at radius 3 is 1.94 bits per heavy atom. The SMILES string of the molecule is N#Cc1cccc(Cc2cccc3oc4ccccc4c23)c1-n1c2ccccc2c2ccccc21. The molecule has 7 rings (SSSR count). The van der Waals surface area contributed by atoms with Crippen molar-refractivity contribution in [1.29, 1.82) is 5.26 Å². The van der Waals surface area contributed by atoms with E-state index in [1.54, 1.807) is 0 Å². The molecule has 0 aliphatic heterocycles. The van der Waals surface area contributed by atoms with Gasteiger partial charge in [0.15, 0.2) is 0 Å². The van der Waals surface area contributed by atoms with E-state index in [-0.39, 0.29) is 0 Å². The van der Waals surface area contributed by atoms with E-state index in [9.17, 15) is 5.26 Å². The second-order valence-corrected chi connectivity index (χ2v) is 8.86. The standard InChI is InChI=1S/C32H20N2O/c33-20-23-11-7-10-22(19-21-9-8-18-30-31(21)26-14-3-6-17-29(26)35-30)32(23)34-27-15-4-1-12-24(27)25-13-2-5-16-28(25)34/h1-18H,19H2. The molecule has 3 heteroatoms. The summed E-state index contributed by atoms with van der Waals surface area (Å²) < 4.78 is 8.39. The molecule has 0 unspecified atom stereocenters. The van der Waals surface area contributed by atoms with E-state index < -0.39 is 0 Å². The summed E-state index contributed by atoms with van der Waals surface area (Å²) in [5, 5.41) is 14.8. The summed E-state index contributed by atoms with van der Waals surface area (Å²) in [6.07, 6.45) is 0.687. The van der Waals surface area contributed by atoms with E-state index in [1.807, 2.05) is 42.5 Å². The van der Waals surface area contributed by atoms with Crippen molar-refractivity contribution in [1.82, 2.24) is 4.57 Å². The molecular weight excluding hydrogens is 428 g/mol. The third-order valence-corrected chi connectivity index (χ3v) is 6.91. The number of para-hydroxylation sites is 4. The van der Waals surface area contributed by atoms with Crippen LogP contribution in [-0.4, -0.2) is 4.57 Å². The van der Waals surface area contributed by atoms with Crippen molar-refractivity contribution < 1.29 is 4.42 Å². The summed E-state index contributed by atoms with van der Waals surface area (Å²) in [7, 11) is 0. The number of furan rings is 1. The first-order chi connectivity index (χ1) is 17.3. The highest BCUT2D eigenvalue weighted by Gasteiger charge is 2.19. The van der Waals surface area contributed by atoms with Gasteiger partial charge in [0.2, 0.25) is 0 Å². The van der Waals surface area contributed by atoms with E-state index in [0.29, 0.717) is 12.0 Å². The Morgan fingerprint density at radius 2 is 1.20 bits per heavy atom. The third-order valence-electron chi connectivity index (χ3n) is 6.91. The van der Waals surface area contributed by atoms with E-state index in [1.165, 1.54) is 16.3 Å². The molecule has 0 saturated carbocycles. The van der Waals surface area contributed by atoms with Gasteiger partial charge in [0.05, 0.1) is 22.3 Å². The summed E-state index contributed by atoms with van der Waals surface area (Å²) >= 11 is 0. The number of rotatable bonds is 3. The molecule has 0 amide bonds. The van der Waals surface area contributed by atoms with Crippen molar-refractivity contribution in [3.8, 4) is 11.8 Å². The second-order valence-electron chi connectivity index (χ2n) is 8.86. The van der Waals surface area contributed by atoms with E-state index >= 15 is 0 Å². The van der Waals surface area contributed by atoms with Crippen LogP contribution < -0.4 is 0 Å². The Hall–Kier alpha value is -4.81. The van der Waals surface area contributed by atoms with Crippen LogP contribution in [-0.2, 0) is 6.42 Å². The maximum absolute atomic E-state index is 10.2. The van der Waals surface area contributed by atoms with Gasteiger partial charge in [-0.25, -0.2) is 0 Å². The molecular formula is C32H20N2O. The second kappa shape index (κ2) is 7.62. The van der Waals surface area contributed by atoms with Crippen LogP contribution in [0.25, 0.3) is 49.4 Å². The lowest BCUT2D eigenvalue weighted by molar-refractivity contribution is 0.668. The van der Waals surface area contributed by atoms with E-state index in [4.69, 9.17) is 4.42 Å². The quantitative estimate of drug-likeness (QED) is 0.274. The smallest absolute Gasteiger partial charge is 0.135 e. The summed E-state index contributed by atoms with van der Waals surface area (Å²) in [5.74, 6) is 0. The van der Waals surface area contributed by atoms with Crippen molar-refractivity contribution in [2.24, 2.45) is 0 Å². The summed E-state index contributed by atoms with van der Waals surface area (Å²) in [6, 6.07) is 39.8. The molecule has 0 aliphatic rings. The fourth-order valence-corrected chi connectivity index (χ4v) is 5.45. The van der Waals surface area contributed by atoms with Gasteiger partial charge in [-0.2, -0.15) is 5.26 Å². The minimum absolute atomic E-state index is 0.665. The van der Waals surface area contributed by atoms with Crippen molar-refractivity contribution in [2.45, 2.75) is 6.42 Å². The van der Waals surface area contributed by atoms with Crippen LogP contribution >= 0.6 is 0 Å². The van der Waals surface area contributed by atoms with Crippen LogP contribution in [0, 0.1) is 11.3 Å². The summed E-state index contributed by atoms with van der Waals surface area (Å²) in [6.45, 7) is 0. The summed E-state index contributed by atoms with van der Waals surface area (Å²) in [4.78, 5) is 0. The lowest BCUT2D eigenvalue weighted by atomic mass is 9.96. The highest BCUT2D eigenvalue weighted by molar-refractivity contribution is 6.10. The Morgan fingerprint density at radius 1 is 0.600 bits per heavy atom. The predicted molar refractivity (Wildman–Crippen MR) is 142 cm³/mol. The average molecular weight is 449 g/mol. The van der Waals surface area contributed by atoms with Gasteiger partial charge in [0.25, 0.3) is 0 Å². The number of aromatic nitrogens is 1. The molecule has 0 bridgehead atoms. The van der Waals surface area contributed by atoms with E-state index in [0.717, 1.165) is 44.2 Å². The molecule has 5 aromatic carbocycles. The third kappa shape index (κ3) is 2.90. The van der Waals surface area contributed by atoms with Crippen LogP contribution in [0.1, 0.15) is 16.7 Å². The number of hydrogen-bond acceptors (Lipinski definition) is 2. The van der Waals surface area contributed by atoms with Crippen molar-refractivity contribution in [2.75, 3.05) is 0 Å². The molecule has 164 valence electrons. The number of nitrogens with zero attached hydrogens (tertiary/aromatic N) is 2. The average Bonchev–Trinajstić information content (AvgIpc) is 3.45. The van der Waals surface area contributed by atoms with Gasteiger partial charge in [-0.1, -0.05) is 78.9 Å². The molecule has 7 aromatic rings. The van der Waals surface area contributed by atoms with Crippen molar-refractivity contribution >= 4 is 43.7 Å². The molecule has 0 saturated heterocycles. The Balaban J connectivity index is 1.53. The van der Waals surface area contributed by atoms with Crippen LogP contribution in [0.3, 0.4) is 0 Å². The van der Waals surface area contributed by atoms with Crippen LogP contribution in [0.15, 0.2) is 114 Å². The fraction of sp³-hybridized carbons (Fsp3) is 0.0312. The van der Waals surface area contributed by atoms with Gasteiger partial charge < -0.3 is 8.98 Å². The Labute approximate surface area is 202 Å². The fourth-order valence-electron chi connectivity index (χ4n) is 5.45. The lowest BCUT2D eigenvalue weighted by Gasteiger charge is -2.16. The molecule has 0 radical (unpaired) electrons. The van der Waals surface area contributed by atoms with Gasteiger partial charge >= 0.3 is 0 Å². The van der Waals surface area contributed by atoms with Gasteiger partial charge in [0, 0.05) is 28.0 Å². The first-order valence-corrected chi connectivity index (χ1v) is 11.7. The van der Waals surface area contributed by atoms with Gasteiger partial charge in [-0.05, 0) is 41.5 Å². The number of benzene rings is 5. The van der Waals surface area contributed by atoms with Crippen molar-refractivity contribution in [3.63, 3.8) is 0 Å². The first kappa shape index (κ1) is 19.6. The minimum Gasteiger partial charge on any atom is -0.456 e. The number of fused-ring (bicyclic) bond motifs is 6. The molecule has 0 N–H and O–H groups in total. The number of hydrogen-bond donors (Lipinski definition) is 0. The monoisotopic (exact) mass is 448 g/mol. The highest BCUT2D eigenvalue weighted by atomic mass is 16.3. The molecule has 0 aliphatic carbocycles. The van der Waals surface area contributed by atoms with E-state index in [2.05, 4.69) is 77.4 Å². The lowest BCUT2D eigenvalue weighted by Crippen LogP contribution is -2.04. The maximum Gasteiger partial charge on any atom is 0.135 e. The summed E-state index contributed by atoms with van der Waals surface area (Å²) in [5.41, 5.74) is 7.88. The molecule has 3 nitrogen and oxygen atoms in total.